The van der Waals surface area contributed by atoms with Gasteiger partial charge < -0.3 is 25.1 Å². The molecule has 0 unspecified atom stereocenters. The lowest BCUT2D eigenvalue weighted by atomic mass is 10.0. The van der Waals surface area contributed by atoms with Crippen LogP contribution in [0.3, 0.4) is 0 Å². The molecule has 0 heterocycles. The maximum absolute atomic E-state index is 11.7. The minimum Gasteiger partial charge on any atom is -0.550 e. The number of nitrogens with one attached hydrogen (secondary N) is 1. The number of phenolic OH excluding ortho intramolecular Hbond substituents is 1. The van der Waals surface area contributed by atoms with E-state index in [9.17, 15) is 19.8 Å². The maximum Gasteiger partial charge on any atom is 0.408 e. The summed E-state index contributed by atoms with van der Waals surface area (Å²) in [6.45, 7) is 5.11. The summed E-state index contributed by atoms with van der Waals surface area (Å²) in [5.41, 5.74) is -0.227. The number of carboxylic acid groups (broad SMARTS) is 1. The van der Waals surface area contributed by atoms with Crippen molar-refractivity contribution in [3.05, 3.63) is 29.8 Å². The zero-order valence-corrected chi connectivity index (χ0v) is 11.7. The first-order valence-electron chi connectivity index (χ1n) is 6.15. The first-order chi connectivity index (χ1) is 9.17. The Kier molecular flexibility index (Phi) is 4.96. The number of phenols is 1. The molecular weight excluding hydrogens is 262 g/mol. The second-order valence-electron chi connectivity index (χ2n) is 5.37. The van der Waals surface area contributed by atoms with Gasteiger partial charge in [0.05, 0.1) is 6.04 Å². The molecule has 0 aliphatic carbocycles. The van der Waals surface area contributed by atoms with E-state index in [1.54, 1.807) is 32.9 Å². The fourth-order valence-corrected chi connectivity index (χ4v) is 1.61. The summed E-state index contributed by atoms with van der Waals surface area (Å²) in [6.07, 6.45) is -1.14. The summed E-state index contributed by atoms with van der Waals surface area (Å²) in [5, 5.41) is 22.6. The molecule has 0 radical (unpaired) electrons. The second-order valence-corrected chi connectivity index (χ2v) is 5.37. The number of aromatic hydroxyl groups is 1. The molecule has 0 aromatic heterocycles. The number of ether oxygens (including phenoxy) is 1. The molecule has 0 fully saturated rings. The zero-order chi connectivity index (χ0) is 15.3. The number of aliphatic carboxylic acids is 1. The monoisotopic (exact) mass is 280 g/mol. The lowest BCUT2D eigenvalue weighted by Crippen LogP contribution is -2.37. The van der Waals surface area contributed by atoms with Crippen molar-refractivity contribution in [3.63, 3.8) is 0 Å². The van der Waals surface area contributed by atoms with E-state index in [1.807, 2.05) is 0 Å². The van der Waals surface area contributed by atoms with Crippen LogP contribution in [0.2, 0.25) is 0 Å². The molecule has 20 heavy (non-hydrogen) atoms. The molecule has 0 bridgehead atoms. The average molecular weight is 280 g/mol. The highest BCUT2D eigenvalue weighted by Crippen LogP contribution is 2.21. The second kappa shape index (κ2) is 6.27. The lowest BCUT2D eigenvalue weighted by Gasteiger charge is -2.24. The van der Waals surface area contributed by atoms with Gasteiger partial charge in [0.2, 0.25) is 0 Å². The Morgan fingerprint density at radius 2 is 2.05 bits per heavy atom. The van der Waals surface area contributed by atoms with Gasteiger partial charge in [-0.25, -0.2) is 4.79 Å². The van der Waals surface area contributed by atoms with Gasteiger partial charge in [-0.2, -0.15) is 0 Å². The van der Waals surface area contributed by atoms with Crippen LogP contribution in [0.25, 0.3) is 0 Å². The number of rotatable bonds is 4. The summed E-state index contributed by atoms with van der Waals surface area (Å²) in [6, 6.07) is 5.16. The van der Waals surface area contributed by atoms with Gasteiger partial charge in [0.15, 0.2) is 0 Å². The van der Waals surface area contributed by atoms with Crippen LogP contribution < -0.4 is 10.4 Å². The standard InChI is InChI=1S/C14H19NO5/c1-14(2,3)20-13(19)15-11(8-12(17)18)9-5-4-6-10(16)7-9/h4-7,11,16H,8H2,1-3H3,(H,15,19)(H,17,18)/p-1/t11-/m0/s1. The Balaban J connectivity index is 2.85. The fourth-order valence-electron chi connectivity index (χ4n) is 1.61. The molecule has 1 atom stereocenters. The van der Waals surface area contributed by atoms with Crippen LogP contribution in [0.4, 0.5) is 4.79 Å². The van der Waals surface area contributed by atoms with Crippen molar-refractivity contribution in [1.82, 2.24) is 5.32 Å². The molecule has 1 aromatic rings. The van der Waals surface area contributed by atoms with Crippen molar-refractivity contribution < 1.29 is 24.5 Å². The SMILES string of the molecule is CC(C)(C)OC(=O)N[C@@H](CC(=O)[O-])c1cccc(O)c1. The van der Waals surface area contributed by atoms with Crippen molar-refractivity contribution in [3.8, 4) is 5.75 Å². The molecular formula is C14H18NO5-. The molecule has 0 aliphatic heterocycles. The number of amides is 1. The van der Waals surface area contributed by atoms with Crippen LogP contribution in [-0.4, -0.2) is 22.8 Å². The van der Waals surface area contributed by atoms with Crippen LogP contribution in [0.1, 0.15) is 38.8 Å². The van der Waals surface area contributed by atoms with Crippen LogP contribution in [0.15, 0.2) is 24.3 Å². The summed E-state index contributed by atoms with van der Waals surface area (Å²) < 4.78 is 5.08. The number of alkyl carbamates (subject to hydrolysis) is 1. The van der Waals surface area contributed by atoms with Crippen molar-refractivity contribution >= 4 is 12.1 Å². The number of carbonyl (C=O) groups is 2. The van der Waals surface area contributed by atoms with Crippen LogP contribution in [0.5, 0.6) is 5.75 Å². The van der Waals surface area contributed by atoms with Gasteiger partial charge >= 0.3 is 6.09 Å². The van der Waals surface area contributed by atoms with Crippen LogP contribution in [0, 0.1) is 0 Å². The molecule has 6 heteroatoms. The first kappa shape index (κ1) is 15.8. The van der Waals surface area contributed by atoms with Crippen molar-refractivity contribution in [2.45, 2.75) is 38.8 Å². The van der Waals surface area contributed by atoms with Gasteiger partial charge in [0.1, 0.15) is 11.4 Å². The molecule has 0 saturated carbocycles. The molecule has 2 N–H and O–H groups in total. The first-order valence-corrected chi connectivity index (χ1v) is 6.15. The molecule has 1 aromatic carbocycles. The third-order valence-electron chi connectivity index (χ3n) is 2.33. The van der Waals surface area contributed by atoms with Crippen LogP contribution in [-0.2, 0) is 9.53 Å². The van der Waals surface area contributed by atoms with E-state index in [0.717, 1.165) is 0 Å². The third-order valence-corrected chi connectivity index (χ3v) is 2.33. The highest BCUT2D eigenvalue weighted by Gasteiger charge is 2.20. The van der Waals surface area contributed by atoms with Gasteiger partial charge in [0, 0.05) is 12.4 Å². The molecule has 6 nitrogen and oxygen atoms in total. The molecule has 0 spiro atoms. The van der Waals surface area contributed by atoms with Crippen LogP contribution >= 0.6 is 0 Å². The summed E-state index contributed by atoms with van der Waals surface area (Å²) in [4.78, 5) is 22.5. The van der Waals surface area contributed by atoms with Gasteiger partial charge in [-0.3, -0.25) is 0 Å². The molecule has 110 valence electrons. The van der Waals surface area contributed by atoms with E-state index < -0.39 is 30.1 Å². The molecule has 1 rings (SSSR count). The maximum atomic E-state index is 11.7. The smallest absolute Gasteiger partial charge is 0.408 e. The predicted octanol–water partition coefficient (Wildman–Crippen LogP) is 1.10. The molecule has 1 amide bonds. The van der Waals surface area contributed by atoms with Crippen molar-refractivity contribution in [1.29, 1.82) is 0 Å². The summed E-state index contributed by atoms with van der Waals surface area (Å²) in [7, 11) is 0. The van der Waals surface area contributed by atoms with Gasteiger partial charge in [-0.1, -0.05) is 12.1 Å². The Labute approximate surface area is 117 Å². The Hall–Kier alpha value is -2.24. The largest absolute Gasteiger partial charge is 0.550 e. The van der Waals surface area contributed by atoms with Crippen molar-refractivity contribution in [2.75, 3.05) is 0 Å². The minimum absolute atomic E-state index is 0.0168. The average Bonchev–Trinajstić information content (AvgIpc) is 2.24. The summed E-state index contributed by atoms with van der Waals surface area (Å²) in [5.74, 6) is -1.33. The van der Waals surface area contributed by atoms with Gasteiger partial charge in [-0.15, -0.1) is 0 Å². The number of benzene rings is 1. The Morgan fingerprint density at radius 3 is 2.55 bits per heavy atom. The predicted molar refractivity (Wildman–Crippen MR) is 69.8 cm³/mol. The number of hydrogen-bond donors (Lipinski definition) is 2. The zero-order valence-electron chi connectivity index (χ0n) is 11.7. The molecule has 0 aliphatic rings. The van der Waals surface area contributed by atoms with E-state index in [-0.39, 0.29) is 5.75 Å². The summed E-state index contributed by atoms with van der Waals surface area (Å²) >= 11 is 0. The van der Waals surface area contributed by atoms with Gasteiger partial charge in [0.25, 0.3) is 0 Å². The molecule has 0 saturated heterocycles. The number of carboxylic acids is 1. The third kappa shape index (κ3) is 5.60. The fraction of sp³-hybridized carbons (Fsp3) is 0.429. The normalized spacial score (nSPS) is 12.6. The van der Waals surface area contributed by atoms with E-state index in [0.29, 0.717) is 5.56 Å². The van der Waals surface area contributed by atoms with E-state index >= 15 is 0 Å². The minimum atomic E-state index is -1.31. The Bertz CT molecular complexity index is 493. The Morgan fingerprint density at radius 1 is 1.40 bits per heavy atom. The topological polar surface area (TPSA) is 98.7 Å². The van der Waals surface area contributed by atoms with Gasteiger partial charge in [-0.05, 0) is 38.5 Å². The quantitative estimate of drug-likeness (QED) is 0.860. The highest BCUT2D eigenvalue weighted by atomic mass is 16.6. The number of carbonyl (C=O) groups excluding carboxylic acids is 2. The lowest BCUT2D eigenvalue weighted by molar-refractivity contribution is -0.306. The van der Waals surface area contributed by atoms with Crippen molar-refractivity contribution in [2.24, 2.45) is 0 Å². The van der Waals surface area contributed by atoms with E-state index in [2.05, 4.69) is 5.32 Å². The highest BCUT2D eigenvalue weighted by molar-refractivity contribution is 5.71. The van der Waals surface area contributed by atoms with E-state index in [1.165, 1.54) is 12.1 Å². The number of hydrogen-bond acceptors (Lipinski definition) is 5. The van der Waals surface area contributed by atoms with E-state index in [4.69, 9.17) is 4.74 Å².